The standard InChI is InChI=1S/C10H17F2N3O5S/c11-10(12)4-1-5-15(6-10)8(16)3-2-7(14-9(17)18)21(13,19)20/h7,14H,1-6H2,(H,17,18)(H2,13,19,20)/p-1. The number of rotatable bonds is 5. The van der Waals surface area contributed by atoms with Crippen molar-refractivity contribution >= 4 is 22.0 Å². The van der Waals surface area contributed by atoms with Crippen molar-refractivity contribution in [2.45, 2.75) is 37.0 Å². The quantitative estimate of drug-likeness (QED) is 0.638. The molecule has 1 aliphatic rings. The average Bonchev–Trinajstić information content (AvgIpc) is 2.31. The highest BCUT2D eigenvalue weighted by Crippen LogP contribution is 2.27. The van der Waals surface area contributed by atoms with E-state index >= 15 is 0 Å². The van der Waals surface area contributed by atoms with Gasteiger partial charge in [-0.15, -0.1) is 0 Å². The molecule has 0 radical (unpaired) electrons. The number of nitrogens with zero attached hydrogens (tertiary/aromatic N) is 1. The van der Waals surface area contributed by atoms with E-state index in [0.717, 1.165) is 4.90 Å². The van der Waals surface area contributed by atoms with Gasteiger partial charge in [0.2, 0.25) is 15.9 Å². The summed E-state index contributed by atoms with van der Waals surface area (Å²) in [6.45, 7) is -0.567. The summed E-state index contributed by atoms with van der Waals surface area (Å²) in [4.78, 5) is 23.1. The lowest BCUT2D eigenvalue weighted by molar-refractivity contribution is -0.251. The molecule has 1 unspecified atom stereocenters. The van der Waals surface area contributed by atoms with Crippen LogP contribution in [0.25, 0.3) is 0 Å². The van der Waals surface area contributed by atoms with Gasteiger partial charge in [-0.3, -0.25) is 4.79 Å². The number of halogens is 2. The molecule has 1 fully saturated rings. The van der Waals surface area contributed by atoms with Crippen LogP contribution in [0.2, 0.25) is 0 Å². The third-order valence-corrected chi connectivity index (χ3v) is 4.19. The summed E-state index contributed by atoms with van der Waals surface area (Å²) in [6, 6.07) is 0. The van der Waals surface area contributed by atoms with Gasteiger partial charge in [-0.25, -0.2) is 22.3 Å². The minimum atomic E-state index is -4.26. The molecule has 0 aromatic rings. The molecule has 0 aliphatic carbocycles. The first kappa shape index (κ1) is 17.6. The molecule has 1 aliphatic heterocycles. The van der Waals surface area contributed by atoms with E-state index in [1.807, 2.05) is 0 Å². The van der Waals surface area contributed by atoms with Crippen molar-refractivity contribution in [2.75, 3.05) is 13.1 Å². The highest BCUT2D eigenvalue weighted by Gasteiger charge is 2.37. The minimum absolute atomic E-state index is 0.147. The Kier molecular flexibility index (Phi) is 5.45. The maximum absolute atomic E-state index is 13.2. The summed E-state index contributed by atoms with van der Waals surface area (Å²) < 4.78 is 48.6. The molecule has 1 atom stereocenters. The van der Waals surface area contributed by atoms with Crippen molar-refractivity contribution in [3.63, 3.8) is 0 Å². The van der Waals surface area contributed by atoms with E-state index in [1.165, 1.54) is 0 Å². The van der Waals surface area contributed by atoms with Gasteiger partial charge in [-0.2, -0.15) is 0 Å². The van der Waals surface area contributed by atoms with Gasteiger partial charge in [0.05, 0.1) is 6.54 Å². The molecule has 8 nitrogen and oxygen atoms in total. The Morgan fingerprint density at radius 3 is 2.52 bits per heavy atom. The van der Waals surface area contributed by atoms with Crippen LogP contribution in [0.4, 0.5) is 13.6 Å². The zero-order valence-corrected chi connectivity index (χ0v) is 11.9. The van der Waals surface area contributed by atoms with Gasteiger partial charge >= 0.3 is 0 Å². The number of carbonyl (C=O) groups excluding carboxylic acids is 2. The summed E-state index contributed by atoms with van der Waals surface area (Å²) in [6.07, 6.45) is -2.88. The van der Waals surface area contributed by atoms with Gasteiger partial charge in [0.1, 0.15) is 11.5 Å². The second-order valence-corrected chi connectivity index (χ2v) is 6.57. The van der Waals surface area contributed by atoms with E-state index in [9.17, 15) is 31.9 Å². The van der Waals surface area contributed by atoms with Crippen molar-refractivity contribution in [1.82, 2.24) is 10.2 Å². The molecule has 0 aromatic heterocycles. The van der Waals surface area contributed by atoms with Crippen LogP contribution in [-0.2, 0) is 14.8 Å². The Hall–Kier alpha value is -1.49. The number of carboxylic acid groups (broad SMARTS) is 1. The van der Waals surface area contributed by atoms with E-state index in [2.05, 4.69) is 0 Å². The monoisotopic (exact) mass is 328 g/mol. The maximum atomic E-state index is 13.2. The minimum Gasteiger partial charge on any atom is -0.530 e. The molecular formula is C10H16F2N3O5S-. The van der Waals surface area contributed by atoms with Gasteiger partial charge in [-0.05, 0) is 12.8 Å². The van der Waals surface area contributed by atoms with Crippen LogP contribution in [-0.4, -0.2) is 49.7 Å². The highest BCUT2D eigenvalue weighted by atomic mass is 32.2. The maximum Gasteiger partial charge on any atom is 0.265 e. The fraction of sp³-hybridized carbons (Fsp3) is 0.800. The average molecular weight is 328 g/mol. The van der Waals surface area contributed by atoms with Gasteiger partial charge in [0.25, 0.3) is 5.92 Å². The number of hydrogen-bond donors (Lipinski definition) is 2. The smallest absolute Gasteiger partial charge is 0.265 e. The van der Waals surface area contributed by atoms with E-state index in [4.69, 9.17) is 5.14 Å². The lowest BCUT2D eigenvalue weighted by Crippen LogP contribution is -2.50. The van der Waals surface area contributed by atoms with Gasteiger partial charge < -0.3 is 20.1 Å². The fourth-order valence-electron chi connectivity index (χ4n) is 2.04. The van der Waals surface area contributed by atoms with Crippen LogP contribution in [0, 0.1) is 0 Å². The number of nitrogens with one attached hydrogen (secondary N) is 1. The summed E-state index contributed by atoms with van der Waals surface area (Å²) in [7, 11) is -4.26. The van der Waals surface area contributed by atoms with Crippen LogP contribution in [0.1, 0.15) is 25.7 Å². The molecule has 11 heteroatoms. The predicted molar refractivity (Wildman–Crippen MR) is 65.4 cm³/mol. The molecule has 0 saturated carbocycles. The Bertz CT molecular complexity index is 511. The molecule has 1 heterocycles. The Balaban J connectivity index is 2.59. The van der Waals surface area contributed by atoms with E-state index in [1.54, 1.807) is 5.32 Å². The number of carbonyl (C=O) groups is 2. The molecule has 21 heavy (non-hydrogen) atoms. The van der Waals surface area contributed by atoms with Crippen LogP contribution >= 0.6 is 0 Å². The number of primary sulfonamides is 1. The Morgan fingerprint density at radius 2 is 2.05 bits per heavy atom. The fourth-order valence-corrected chi connectivity index (χ4v) is 2.75. The second-order valence-electron chi connectivity index (χ2n) is 4.82. The molecule has 3 N–H and O–H groups in total. The Labute approximate surface area is 120 Å². The van der Waals surface area contributed by atoms with Crippen LogP contribution < -0.4 is 15.6 Å². The number of likely N-dealkylation sites (tertiary alicyclic amines) is 1. The largest absolute Gasteiger partial charge is 0.530 e. The highest BCUT2D eigenvalue weighted by molar-refractivity contribution is 7.89. The topological polar surface area (TPSA) is 133 Å². The van der Waals surface area contributed by atoms with Crippen molar-refractivity contribution in [3.05, 3.63) is 0 Å². The van der Waals surface area contributed by atoms with Gasteiger partial charge in [0, 0.05) is 19.4 Å². The number of hydrogen-bond acceptors (Lipinski definition) is 5. The van der Waals surface area contributed by atoms with E-state index in [-0.39, 0.29) is 19.4 Å². The van der Waals surface area contributed by atoms with E-state index < -0.39 is 52.7 Å². The normalized spacial score (nSPS) is 19.9. The molecule has 1 saturated heterocycles. The first-order valence-corrected chi connectivity index (χ1v) is 7.77. The first-order valence-electron chi connectivity index (χ1n) is 6.16. The number of nitrogens with two attached hydrogens (primary N) is 1. The third-order valence-electron chi connectivity index (χ3n) is 3.04. The van der Waals surface area contributed by atoms with Crippen molar-refractivity contribution in [3.8, 4) is 0 Å². The summed E-state index contributed by atoms with van der Waals surface area (Å²) >= 11 is 0. The SMILES string of the molecule is NS(=O)(=O)C(CCC(=O)N1CCCC(F)(F)C1)NC(=O)[O-]. The third kappa shape index (κ3) is 5.79. The first-order chi connectivity index (χ1) is 9.51. The molecule has 122 valence electrons. The van der Waals surface area contributed by atoms with Crippen molar-refractivity contribution in [1.29, 1.82) is 0 Å². The van der Waals surface area contributed by atoms with E-state index in [0.29, 0.717) is 0 Å². The lowest BCUT2D eigenvalue weighted by Gasteiger charge is -2.32. The predicted octanol–water partition coefficient (Wildman–Crippen LogP) is -1.43. The zero-order valence-electron chi connectivity index (χ0n) is 11.0. The molecule has 2 amide bonds. The number of alkyl halides is 2. The number of amides is 2. The summed E-state index contributed by atoms with van der Waals surface area (Å²) in [5, 5.41) is 15.0. The second kappa shape index (κ2) is 6.52. The summed E-state index contributed by atoms with van der Waals surface area (Å²) in [5.74, 6) is -3.64. The van der Waals surface area contributed by atoms with Gasteiger partial charge in [0.15, 0.2) is 0 Å². The molecular weight excluding hydrogens is 312 g/mol. The van der Waals surface area contributed by atoms with Crippen LogP contribution in [0.5, 0.6) is 0 Å². The molecule has 0 spiro atoms. The van der Waals surface area contributed by atoms with Crippen molar-refractivity contribution < 1.29 is 31.9 Å². The number of sulfonamides is 1. The zero-order chi connectivity index (χ0) is 16.3. The van der Waals surface area contributed by atoms with Crippen LogP contribution in [0.15, 0.2) is 0 Å². The molecule has 0 bridgehead atoms. The Morgan fingerprint density at radius 1 is 1.43 bits per heavy atom. The number of piperidine rings is 1. The van der Waals surface area contributed by atoms with Crippen LogP contribution in [0.3, 0.4) is 0 Å². The molecule has 1 rings (SSSR count). The summed E-state index contributed by atoms with van der Waals surface area (Å²) in [5.41, 5.74) is 0. The van der Waals surface area contributed by atoms with Gasteiger partial charge in [-0.1, -0.05) is 0 Å². The molecule has 0 aromatic carbocycles. The lowest BCUT2D eigenvalue weighted by atomic mass is 10.1. The van der Waals surface area contributed by atoms with Crippen molar-refractivity contribution in [2.24, 2.45) is 5.14 Å².